The van der Waals surface area contributed by atoms with Gasteiger partial charge in [-0.2, -0.15) is 0 Å². The van der Waals surface area contributed by atoms with Gasteiger partial charge in [-0.3, -0.25) is 0 Å². The zero-order valence-electron chi connectivity index (χ0n) is 35.2. The van der Waals surface area contributed by atoms with Gasteiger partial charge in [0.1, 0.15) is 5.58 Å². The molecule has 1 unspecified atom stereocenters. The number of ether oxygens (including phenoxy) is 1. The molecule has 11 aromatic rings. The maximum absolute atomic E-state index is 6.72. The predicted octanol–water partition coefficient (Wildman–Crippen LogP) is 16.6. The number of nitrogens with zero attached hydrogens (tertiary/aromatic N) is 2. The first-order valence-corrected chi connectivity index (χ1v) is 22.3. The van der Waals surface area contributed by atoms with Crippen molar-refractivity contribution in [2.45, 2.75) is 5.41 Å². The Morgan fingerprint density at radius 2 is 0.969 bits per heavy atom. The number of hydrogen-bond donors (Lipinski definition) is 0. The molecule has 3 aliphatic rings. The van der Waals surface area contributed by atoms with Crippen LogP contribution in [-0.4, -0.2) is 0 Å². The summed E-state index contributed by atoms with van der Waals surface area (Å²) in [4.78, 5) is 4.74. The molecule has 0 bridgehead atoms. The van der Waals surface area contributed by atoms with Gasteiger partial charge in [-0.25, -0.2) is 0 Å². The van der Waals surface area contributed by atoms with Crippen molar-refractivity contribution in [2.24, 2.45) is 0 Å². The second-order valence-corrected chi connectivity index (χ2v) is 17.1. The largest absolute Gasteiger partial charge is 0.454 e. The molecule has 0 amide bonds. The van der Waals surface area contributed by atoms with Gasteiger partial charge in [0.15, 0.2) is 17.1 Å². The molecule has 2 aliphatic heterocycles. The molecule has 4 heteroatoms. The van der Waals surface area contributed by atoms with Crippen molar-refractivity contribution >= 4 is 56.1 Å². The van der Waals surface area contributed by atoms with E-state index >= 15 is 0 Å². The third-order valence-electron chi connectivity index (χ3n) is 13.9. The summed E-state index contributed by atoms with van der Waals surface area (Å²) in [5, 5.41) is 2.20. The van der Waals surface area contributed by atoms with Crippen molar-refractivity contribution in [1.82, 2.24) is 0 Å². The first-order valence-electron chi connectivity index (χ1n) is 22.3. The fraction of sp³-hybridized carbons (Fsp3) is 0.0164. The highest BCUT2D eigenvalue weighted by atomic mass is 16.5. The van der Waals surface area contributed by atoms with Gasteiger partial charge < -0.3 is 19.0 Å². The SMILES string of the molecule is c1ccc(-c2ccc(N(c3ccc(-c4cccc5c4-c4ccccc4C54c5ccccc5N5c6ccccc6Oc6cccc4c65)cc3)c3cccc4c3oc3ccccc34)cc2)cc1. The Morgan fingerprint density at radius 3 is 1.82 bits per heavy atom. The minimum absolute atomic E-state index is 0.579. The summed E-state index contributed by atoms with van der Waals surface area (Å²) in [5.41, 5.74) is 19.8. The number of fused-ring (bicyclic) bond motifs is 14. The molecular weight excluding hydrogens is 793 g/mol. The third kappa shape index (κ3) is 5.02. The molecule has 1 spiro atoms. The van der Waals surface area contributed by atoms with Crippen molar-refractivity contribution in [2.75, 3.05) is 9.80 Å². The fourth-order valence-electron chi connectivity index (χ4n) is 11.2. The van der Waals surface area contributed by atoms with E-state index in [0.29, 0.717) is 0 Å². The molecule has 3 heterocycles. The lowest BCUT2D eigenvalue weighted by atomic mass is 9.64. The van der Waals surface area contributed by atoms with Crippen molar-refractivity contribution in [3.05, 3.63) is 253 Å². The zero-order chi connectivity index (χ0) is 42.6. The first kappa shape index (κ1) is 35.9. The summed E-state index contributed by atoms with van der Waals surface area (Å²) >= 11 is 0. The Labute approximate surface area is 376 Å². The normalized spacial score (nSPS) is 14.9. The highest BCUT2D eigenvalue weighted by Gasteiger charge is 2.53. The molecule has 1 atom stereocenters. The van der Waals surface area contributed by atoms with Crippen LogP contribution in [0.4, 0.5) is 34.1 Å². The van der Waals surface area contributed by atoms with E-state index in [1.54, 1.807) is 0 Å². The van der Waals surface area contributed by atoms with E-state index in [9.17, 15) is 0 Å². The molecule has 14 rings (SSSR count). The summed E-state index contributed by atoms with van der Waals surface area (Å²) < 4.78 is 13.4. The van der Waals surface area contributed by atoms with E-state index in [4.69, 9.17) is 9.15 Å². The molecular formula is C61H38N2O2. The van der Waals surface area contributed by atoms with Crippen LogP contribution in [0, 0.1) is 0 Å². The number of hydrogen-bond acceptors (Lipinski definition) is 4. The minimum atomic E-state index is -0.579. The van der Waals surface area contributed by atoms with E-state index in [0.717, 1.165) is 73.1 Å². The van der Waals surface area contributed by atoms with Gasteiger partial charge in [-0.1, -0.05) is 170 Å². The molecule has 65 heavy (non-hydrogen) atoms. The van der Waals surface area contributed by atoms with Crippen LogP contribution in [0.25, 0.3) is 55.3 Å². The molecule has 0 radical (unpaired) electrons. The lowest BCUT2D eigenvalue weighted by molar-refractivity contribution is 0.473. The van der Waals surface area contributed by atoms with Crippen molar-refractivity contribution in [3.63, 3.8) is 0 Å². The number of anilines is 6. The van der Waals surface area contributed by atoms with Crippen molar-refractivity contribution < 1.29 is 9.15 Å². The maximum Gasteiger partial charge on any atom is 0.159 e. The molecule has 0 saturated carbocycles. The summed E-state index contributed by atoms with van der Waals surface area (Å²) in [7, 11) is 0. The van der Waals surface area contributed by atoms with E-state index < -0.39 is 5.41 Å². The first-order chi connectivity index (χ1) is 32.3. The lowest BCUT2D eigenvalue weighted by Crippen LogP contribution is -2.37. The monoisotopic (exact) mass is 830 g/mol. The molecule has 0 N–H and O–H groups in total. The quantitative estimate of drug-likeness (QED) is 0.173. The van der Waals surface area contributed by atoms with Gasteiger partial charge in [0.25, 0.3) is 0 Å². The van der Waals surface area contributed by atoms with Crippen LogP contribution in [0.3, 0.4) is 0 Å². The van der Waals surface area contributed by atoms with Crippen LogP contribution < -0.4 is 14.5 Å². The molecule has 0 fully saturated rings. The number of para-hydroxylation sites is 6. The van der Waals surface area contributed by atoms with Crippen molar-refractivity contribution in [3.8, 4) is 44.9 Å². The van der Waals surface area contributed by atoms with Gasteiger partial charge in [0.2, 0.25) is 0 Å². The average Bonchev–Trinajstić information content (AvgIpc) is 3.91. The van der Waals surface area contributed by atoms with Gasteiger partial charge in [0, 0.05) is 22.1 Å². The van der Waals surface area contributed by atoms with Gasteiger partial charge in [-0.15, -0.1) is 0 Å². The lowest BCUT2D eigenvalue weighted by Gasteiger charge is -2.47. The number of furan rings is 1. The van der Waals surface area contributed by atoms with Gasteiger partial charge in [-0.05, 0) is 116 Å². The van der Waals surface area contributed by atoms with Crippen LogP contribution in [-0.2, 0) is 5.41 Å². The summed E-state index contributed by atoms with van der Waals surface area (Å²) in [6, 6.07) is 83.1. The summed E-state index contributed by atoms with van der Waals surface area (Å²) in [5.74, 6) is 1.73. The van der Waals surface area contributed by atoms with Crippen LogP contribution in [0.1, 0.15) is 22.3 Å². The Balaban J connectivity index is 0.946. The topological polar surface area (TPSA) is 28.9 Å². The third-order valence-corrected chi connectivity index (χ3v) is 13.9. The summed E-state index contributed by atoms with van der Waals surface area (Å²) in [6.45, 7) is 0. The number of benzene rings is 10. The molecule has 0 saturated heterocycles. The van der Waals surface area contributed by atoms with Gasteiger partial charge in [0.05, 0.1) is 28.2 Å². The predicted molar refractivity (Wildman–Crippen MR) is 265 cm³/mol. The molecule has 1 aromatic heterocycles. The molecule has 304 valence electrons. The highest BCUT2D eigenvalue weighted by Crippen LogP contribution is 2.67. The smallest absolute Gasteiger partial charge is 0.159 e. The molecule has 1 aliphatic carbocycles. The van der Waals surface area contributed by atoms with Crippen LogP contribution in [0.2, 0.25) is 0 Å². The minimum Gasteiger partial charge on any atom is -0.454 e. The van der Waals surface area contributed by atoms with E-state index in [2.05, 4.69) is 228 Å². The van der Waals surface area contributed by atoms with E-state index in [1.807, 2.05) is 12.1 Å². The van der Waals surface area contributed by atoms with Crippen LogP contribution in [0.15, 0.2) is 235 Å². The van der Waals surface area contributed by atoms with Crippen LogP contribution >= 0.6 is 0 Å². The van der Waals surface area contributed by atoms with E-state index in [1.165, 1.54) is 50.1 Å². The zero-order valence-corrected chi connectivity index (χ0v) is 35.2. The Morgan fingerprint density at radius 1 is 0.385 bits per heavy atom. The van der Waals surface area contributed by atoms with Gasteiger partial charge >= 0.3 is 0 Å². The maximum atomic E-state index is 6.72. The van der Waals surface area contributed by atoms with Crippen LogP contribution in [0.5, 0.6) is 11.5 Å². The fourth-order valence-corrected chi connectivity index (χ4v) is 11.2. The Kier molecular flexibility index (Phi) is 7.57. The second kappa shape index (κ2) is 13.7. The Bertz CT molecular complexity index is 3700. The Hall–Kier alpha value is -8.60. The average molecular weight is 831 g/mol. The molecule has 10 aromatic carbocycles. The standard InChI is InChI=1S/C61H38N2O2/c1-2-15-39(16-3-1)40-31-35-42(36-32-40)62(54-27-13-20-46-45-17-5-10-28-55(45)65-60(46)54)43-37-33-41(34-38-43)44-19-12-23-50-58(44)47-18-4-6-21-48(47)61(50)49-22-7-8-25-52(49)63-53-26-9-11-29-56(53)64-57-30-14-24-51(61)59(57)63/h1-38H. The summed E-state index contributed by atoms with van der Waals surface area (Å²) in [6.07, 6.45) is 0. The molecule has 4 nitrogen and oxygen atoms in total. The van der Waals surface area contributed by atoms with E-state index in [-0.39, 0.29) is 0 Å². The second-order valence-electron chi connectivity index (χ2n) is 17.1. The highest BCUT2D eigenvalue weighted by molar-refractivity contribution is 6.10. The number of rotatable bonds is 5. The van der Waals surface area contributed by atoms with Crippen molar-refractivity contribution in [1.29, 1.82) is 0 Å².